The molecule has 0 unspecified atom stereocenters. The van der Waals surface area contributed by atoms with E-state index in [4.69, 9.17) is 19.2 Å². The first-order valence-electron chi connectivity index (χ1n) is 10.4. The van der Waals surface area contributed by atoms with E-state index in [1.165, 1.54) is 6.42 Å². The van der Waals surface area contributed by atoms with E-state index in [0.717, 1.165) is 19.3 Å². The summed E-state index contributed by atoms with van der Waals surface area (Å²) < 4.78 is 12.9. The molecule has 26 heavy (non-hydrogen) atoms. The third-order valence-electron chi connectivity index (χ3n) is 7.75. The summed E-state index contributed by atoms with van der Waals surface area (Å²) in [6.07, 6.45) is 4.00. The Morgan fingerprint density at radius 2 is 1.81 bits per heavy atom. The Morgan fingerprint density at radius 3 is 2.50 bits per heavy atom. The lowest BCUT2D eigenvalue weighted by Crippen LogP contribution is -2.70. The molecule has 0 aromatic heterocycles. The van der Waals surface area contributed by atoms with Gasteiger partial charge in [0.2, 0.25) is 5.79 Å². The fourth-order valence-corrected chi connectivity index (χ4v) is 5.82. The highest BCUT2D eigenvalue weighted by molar-refractivity contribution is 5.10. The monoisotopic (exact) mass is 368 g/mol. The van der Waals surface area contributed by atoms with Crippen molar-refractivity contribution in [3.05, 3.63) is 0 Å². The lowest BCUT2D eigenvalue weighted by atomic mass is 9.57. The molecular formula is C21H36O5. The third-order valence-corrected chi connectivity index (χ3v) is 7.75. The summed E-state index contributed by atoms with van der Waals surface area (Å²) in [6, 6.07) is 0. The molecule has 5 aliphatic rings. The van der Waals surface area contributed by atoms with Crippen LogP contribution in [0.5, 0.6) is 0 Å². The Labute approximate surface area is 157 Å². The lowest BCUT2D eigenvalue weighted by molar-refractivity contribution is -0.571. The first-order valence-corrected chi connectivity index (χ1v) is 10.4. The number of rotatable bonds is 2. The summed E-state index contributed by atoms with van der Waals surface area (Å²) in [6.45, 7) is 12.8. The van der Waals surface area contributed by atoms with Crippen LogP contribution in [0, 0.1) is 29.1 Å². The van der Waals surface area contributed by atoms with Gasteiger partial charge in [-0.25, -0.2) is 9.78 Å². The van der Waals surface area contributed by atoms with E-state index < -0.39 is 23.8 Å². The molecular weight excluding hydrogens is 332 g/mol. The van der Waals surface area contributed by atoms with Crippen LogP contribution in [0.15, 0.2) is 0 Å². The molecule has 1 saturated carbocycles. The van der Waals surface area contributed by atoms with Crippen LogP contribution in [0.4, 0.5) is 0 Å². The van der Waals surface area contributed by atoms with Crippen LogP contribution in [0.2, 0.25) is 0 Å². The van der Waals surface area contributed by atoms with Crippen molar-refractivity contribution in [3.63, 3.8) is 0 Å². The predicted octanol–water partition coefficient (Wildman–Crippen LogP) is 4.03. The van der Waals surface area contributed by atoms with Crippen molar-refractivity contribution < 1.29 is 24.4 Å². The van der Waals surface area contributed by atoms with Crippen molar-refractivity contribution in [2.24, 2.45) is 29.1 Å². The molecule has 1 N–H and O–H groups in total. The van der Waals surface area contributed by atoms with Crippen LogP contribution in [0.25, 0.3) is 0 Å². The first kappa shape index (κ1) is 19.1. The van der Waals surface area contributed by atoms with E-state index >= 15 is 0 Å². The Balaban J connectivity index is 1.66. The molecule has 4 saturated heterocycles. The van der Waals surface area contributed by atoms with Gasteiger partial charge in [-0.2, -0.15) is 0 Å². The average molecular weight is 369 g/mol. The van der Waals surface area contributed by atoms with Gasteiger partial charge in [-0.15, -0.1) is 0 Å². The van der Waals surface area contributed by atoms with E-state index in [2.05, 4.69) is 34.6 Å². The molecule has 5 heteroatoms. The molecule has 150 valence electrons. The normalized spacial score (nSPS) is 52.3. The second-order valence-corrected chi connectivity index (χ2v) is 10.6. The first-order chi connectivity index (χ1) is 12.1. The Hall–Kier alpha value is -0.200. The average Bonchev–Trinajstić information content (AvgIpc) is 2.77. The molecule has 5 rings (SSSR count). The summed E-state index contributed by atoms with van der Waals surface area (Å²) >= 11 is 0. The summed E-state index contributed by atoms with van der Waals surface area (Å²) in [5, 5.41) is 10.7. The topological polar surface area (TPSA) is 57.2 Å². The predicted molar refractivity (Wildman–Crippen MR) is 96.9 cm³/mol. The van der Waals surface area contributed by atoms with Crippen molar-refractivity contribution in [1.82, 2.24) is 0 Å². The molecule has 5 nitrogen and oxygen atoms in total. The quantitative estimate of drug-likeness (QED) is 0.746. The smallest absolute Gasteiger partial charge is 0.201 e. The molecule has 0 aromatic rings. The van der Waals surface area contributed by atoms with Gasteiger partial charge < -0.3 is 14.6 Å². The van der Waals surface area contributed by atoms with Crippen LogP contribution in [0.3, 0.4) is 0 Å². The van der Waals surface area contributed by atoms with Crippen molar-refractivity contribution in [2.45, 2.75) is 104 Å². The lowest BCUT2D eigenvalue weighted by Gasteiger charge is -2.60. The van der Waals surface area contributed by atoms with Gasteiger partial charge in [0.25, 0.3) is 0 Å². The summed E-state index contributed by atoms with van der Waals surface area (Å²) in [7, 11) is 0. The minimum atomic E-state index is -0.731. The zero-order valence-corrected chi connectivity index (χ0v) is 17.2. The van der Waals surface area contributed by atoms with Crippen LogP contribution in [-0.2, 0) is 19.2 Å². The van der Waals surface area contributed by atoms with Gasteiger partial charge in [-0.3, -0.25) is 0 Å². The van der Waals surface area contributed by atoms with Gasteiger partial charge in [0.15, 0.2) is 11.9 Å². The number of fused-ring (bicyclic) bond motifs is 2. The zero-order valence-electron chi connectivity index (χ0n) is 17.2. The van der Waals surface area contributed by atoms with E-state index in [-0.39, 0.29) is 11.5 Å². The second kappa shape index (κ2) is 6.15. The molecule has 5 fully saturated rings. The molecule has 1 spiro atoms. The molecule has 0 amide bonds. The van der Waals surface area contributed by atoms with Gasteiger partial charge in [0.1, 0.15) is 0 Å². The van der Waals surface area contributed by atoms with Gasteiger partial charge in [-0.1, -0.05) is 34.6 Å². The highest BCUT2D eigenvalue weighted by atomic mass is 17.3. The number of hydrogen-bond acceptors (Lipinski definition) is 5. The van der Waals surface area contributed by atoms with Crippen LogP contribution < -0.4 is 0 Å². The fraction of sp³-hybridized carbons (Fsp3) is 1.00. The van der Waals surface area contributed by atoms with E-state index in [1.54, 1.807) is 0 Å². The minimum absolute atomic E-state index is 0.0227. The minimum Gasteiger partial charge on any atom is -0.392 e. The molecule has 0 radical (unpaired) electrons. The molecule has 0 aromatic carbocycles. The fourth-order valence-electron chi connectivity index (χ4n) is 5.82. The molecule has 9 atom stereocenters. The van der Waals surface area contributed by atoms with Crippen molar-refractivity contribution in [3.8, 4) is 0 Å². The second-order valence-electron chi connectivity index (χ2n) is 10.6. The number of ether oxygens (including phenoxy) is 2. The van der Waals surface area contributed by atoms with Crippen LogP contribution in [0.1, 0.15) is 73.6 Å². The largest absolute Gasteiger partial charge is 0.392 e. The number of aliphatic hydroxyl groups is 1. The summed E-state index contributed by atoms with van der Waals surface area (Å²) in [4.78, 5) is 12.0. The van der Waals surface area contributed by atoms with E-state index in [0.29, 0.717) is 30.1 Å². The summed E-state index contributed by atoms with van der Waals surface area (Å²) in [5.74, 6) is 0.876. The number of aliphatic hydroxyl groups excluding tert-OH is 1. The molecule has 1 aliphatic carbocycles. The molecule has 4 aliphatic heterocycles. The Bertz CT molecular complexity index is 545. The van der Waals surface area contributed by atoms with E-state index in [9.17, 15) is 5.11 Å². The maximum absolute atomic E-state index is 10.7. The van der Waals surface area contributed by atoms with Gasteiger partial charge in [0, 0.05) is 18.8 Å². The maximum atomic E-state index is 10.7. The van der Waals surface area contributed by atoms with Gasteiger partial charge in [0.05, 0.1) is 12.2 Å². The molecule has 2 bridgehead atoms. The Morgan fingerprint density at radius 1 is 1.08 bits per heavy atom. The standard InChI is InChI=1S/C21H36O5/c1-12-7-8-15-13(2)16(11-17(22)19(3,4)5)23-18-21(15)14(12)9-10-20(6,24-18)25-26-21/h12-18,22H,7-11H2,1-6H3/t12-,13-,14+,15+,16-,17-,18-,20+,21-/m1/s1. The summed E-state index contributed by atoms with van der Waals surface area (Å²) in [5.41, 5.74) is -0.660. The highest BCUT2D eigenvalue weighted by Gasteiger charge is 2.69. The van der Waals surface area contributed by atoms with Gasteiger partial charge in [-0.05, 0) is 49.4 Å². The maximum Gasteiger partial charge on any atom is 0.201 e. The zero-order chi connectivity index (χ0) is 18.9. The van der Waals surface area contributed by atoms with Crippen molar-refractivity contribution in [2.75, 3.05) is 0 Å². The highest BCUT2D eigenvalue weighted by Crippen LogP contribution is 2.60. The van der Waals surface area contributed by atoms with Gasteiger partial charge >= 0.3 is 0 Å². The Kier molecular flexibility index (Phi) is 4.52. The van der Waals surface area contributed by atoms with Crippen molar-refractivity contribution >= 4 is 0 Å². The van der Waals surface area contributed by atoms with Crippen molar-refractivity contribution in [1.29, 1.82) is 0 Å². The van der Waals surface area contributed by atoms with Crippen LogP contribution in [-0.4, -0.2) is 35.0 Å². The van der Waals surface area contributed by atoms with Crippen LogP contribution >= 0.6 is 0 Å². The molecule has 4 heterocycles. The van der Waals surface area contributed by atoms with E-state index in [1.807, 2.05) is 6.92 Å². The SMILES string of the molecule is C[C@H]1[C@@H](C[C@@H](O)C(C)(C)C)O[C@@H]2O[C@]3(C)CC[C@H]4[C@H](C)CC[C@@H]1[C@@]24OO3. The number of hydrogen-bond donors (Lipinski definition) is 1. The third kappa shape index (κ3) is 2.77.